The van der Waals surface area contributed by atoms with Crippen LogP contribution in [0.3, 0.4) is 0 Å². The molecule has 3 nitrogen and oxygen atoms in total. The van der Waals surface area contributed by atoms with E-state index < -0.39 is 0 Å². The summed E-state index contributed by atoms with van der Waals surface area (Å²) in [6.45, 7) is 2.35. The van der Waals surface area contributed by atoms with Gasteiger partial charge in [-0.15, -0.1) is 11.3 Å². The molecule has 51 heavy (non-hydrogen) atoms. The van der Waals surface area contributed by atoms with Crippen molar-refractivity contribution in [1.82, 2.24) is 8.97 Å². The zero-order chi connectivity index (χ0) is 33.4. The van der Waals surface area contributed by atoms with Crippen LogP contribution in [-0.4, -0.2) is 14.8 Å². The molecule has 0 saturated carbocycles. The van der Waals surface area contributed by atoms with E-state index in [4.69, 9.17) is 4.99 Å². The average molecular weight is 670 g/mol. The van der Waals surface area contributed by atoms with Gasteiger partial charge in [0.05, 0.1) is 27.6 Å². The predicted octanol–water partition coefficient (Wildman–Crippen LogP) is 13.1. The lowest BCUT2D eigenvalue weighted by Gasteiger charge is -2.33. The third-order valence-electron chi connectivity index (χ3n) is 11.7. The van der Waals surface area contributed by atoms with Crippen LogP contribution in [0, 0.1) is 5.92 Å². The van der Waals surface area contributed by atoms with E-state index in [1.165, 1.54) is 91.9 Å². The second-order valence-electron chi connectivity index (χ2n) is 14.1. The molecular weight excluding hydrogens is 639 g/mol. The predicted molar refractivity (Wildman–Crippen MR) is 218 cm³/mol. The molecule has 0 bridgehead atoms. The van der Waals surface area contributed by atoms with E-state index in [0.29, 0.717) is 0 Å². The van der Waals surface area contributed by atoms with Gasteiger partial charge in [-0.05, 0) is 58.5 Å². The molecule has 12 rings (SSSR count). The van der Waals surface area contributed by atoms with E-state index in [1.54, 1.807) is 0 Å². The van der Waals surface area contributed by atoms with Gasteiger partial charge in [-0.25, -0.2) is 4.99 Å². The van der Waals surface area contributed by atoms with Crippen molar-refractivity contribution in [2.75, 3.05) is 0 Å². The van der Waals surface area contributed by atoms with Crippen molar-refractivity contribution in [3.05, 3.63) is 157 Å². The maximum Gasteiger partial charge on any atom is 0.123 e. The van der Waals surface area contributed by atoms with Crippen LogP contribution in [0.4, 0.5) is 5.00 Å². The van der Waals surface area contributed by atoms with Gasteiger partial charge >= 0.3 is 0 Å². The summed E-state index contributed by atoms with van der Waals surface area (Å²) >= 11 is 1.83. The number of para-hydroxylation sites is 2. The van der Waals surface area contributed by atoms with Crippen LogP contribution in [0.25, 0.3) is 80.8 Å². The van der Waals surface area contributed by atoms with E-state index >= 15 is 0 Å². The van der Waals surface area contributed by atoms with Crippen molar-refractivity contribution >= 4 is 103 Å². The molecule has 0 fully saturated rings. The minimum absolute atomic E-state index is 0.161. The maximum absolute atomic E-state index is 5.80. The Morgan fingerprint density at radius 3 is 2.08 bits per heavy atom. The zero-order valence-corrected chi connectivity index (χ0v) is 28.8. The van der Waals surface area contributed by atoms with E-state index in [1.807, 2.05) is 11.3 Å². The highest BCUT2D eigenvalue weighted by Crippen LogP contribution is 2.53. The molecule has 1 aliphatic heterocycles. The lowest BCUT2D eigenvalue weighted by molar-refractivity contribution is 0.570. The monoisotopic (exact) mass is 669 g/mol. The Bertz CT molecular complexity index is 3250. The van der Waals surface area contributed by atoms with Gasteiger partial charge in [-0.1, -0.05) is 122 Å². The fraction of sp³-hybridized carbons (Fsp3) is 0.0851. The van der Waals surface area contributed by atoms with Crippen molar-refractivity contribution in [2.24, 2.45) is 10.9 Å². The fourth-order valence-electron chi connectivity index (χ4n) is 9.68. The Balaban J connectivity index is 1.33. The van der Waals surface area contributed by atoms with Crippen molar-refractivity contribution in [3.8, 4) is 0 Å². The second-order valence-corrected chi connectivity index (χ2v) is 15.2. The molecule has 240 valence electrons. The fourth-order valence-corrected chi connectivity index (χ4v) is 10.8. The summed E-state index contributed by atoms with van der Waals surface area (Å²) in [5, 5.41) is 12.8. The topological polar surface area (TPSA) is 21.7 Å². The normalized spacial score (nSPS) is 16.5. The number of thiophene rings is 1. The van der Waals surface area contributed by atoms with Crippen LogP contribution in [0.5, 0.6) is 0 Å². The first kappa shape index (κ1) is 27.8. The Hall–Kier alpha value is -5.97. The number of aromatic nitrogens is 2. The highest BCUT2D eigenvalue weighted by Gasteiger charge is 2.38. The summed E-state index contributed by atoms with van der Waals surface area (Å²) in [5.74, 6) is 1.48. The van der Waals surface area contributed by atoms with Crippen molar-refractivity contribution in [2.45, 2.75) is 19.3 Å². The van der Waals surface area contributed by atoms with Crippen LogP contribution < -0.4 is 0 Å². The molecule has 2 atom stereocenters. The number of benzene rings is 7. The summed E-state index contributed by atoms with van der Waals surface area (Å²) < 4.78 is 6.40. The molecule has 7 aromatic carbocycles. The molecule has 0 radical (unpaired) electrons. The molecule has 5 heterocycles. The van der Waals surface area contributed by atoms with E-state index in [2.05, 4.69) is 161 Å². The zero-order valence-electron chi connectivity index (χ0n) is 28.0. The molecule has 0 spiro atoms. The minimum Gasteiger partial charge on any atom is -0.308 e. The van der Waals surface area contributed by atoms with Gasteiger partial charge in [0.25, 0.3) is 0 Å². The lowest BCUT2D eigenvalue weighted by Crippen LogP contribution is -2.30. The molecule has 0 N–H and O–H groups in total. The van der Waals surface area contributed by atoms with Gasteiger partial charge in [0.2, 0.25) is 0 Å². The molecule has 4 aromatic heterocycles. The lowest BCUT2D eigenvalue weighted by atomic mass is 9.76. The summed E-state index contributed by atoms with van der Waals surface area (Å²) in [7, 11) is 0. The number of hydrogen-bond acceptors (Lipinski definition) is 2. The number of fused-ring (bicyclic) bond motifs is 15. The first-order valence-electron chi connectivity index (χ1n) is 18.0. The molecule has 1 aliphatic rings. The summed E-state index contributed by atoms with van der Waals surface area (Å²) in [4.78, 5) is 5.80. The van der Waals surface area contributed by atoms with E-state index in [-0.39, 0.29) is 11.8 Å². The van der Waals surface area contributed by atoms with Gasteiger partial charge in [-0.3, -0.25) is 4.57 Å². The molecule has 0 aliphatic carbocycles. The molecular formula is C47H31N3S. The summed E-state index contributed by atoms with van der Waals surface area (Å²) in [5.41, 5.74) is 9.01. The third-order valence-corrected chi connectivity index (χ3v) is 12.8. The largest absolute Gasteiger partial charge is 0.308 e. The molecule has 4 heteroatoms. The van der Waals surface area contributed by atoms with Crippen molar-refractivity contribution in [3.63, 3.8) is 0 Å². The van der Waals surface area contributed by atoms with Gasteiger partial charge in [0.1, 0.15) is 10.8 Å². The second kappa shape index (κ2) is 10.1. The molecule has 0 amide bonds. The quantitative estimate of drug-likeness (QED) is 0.175. The van der Waals surface area contributed by atoms with Crippen LogP contribution in [-0.2, 0) is 0 Å². The van der Waals surface area contributed by atoms with E-state index in [0.717, 1.165) is 17.3 Å². The Labute approximate surface area is 297 Å². The first-order valence-corrected chi connectivity index (χ1v) is 18.8. The van der Waals surface area contributed by atoms with Crippen LogP contribution in [0.1, 0.15) is 30.4 Å². The molecule has 2 unspecified atom stereocenters. The van der Waals surface area contributed by atoms with Crippen molar-refractivity contribution < 1.29 is 0 Å². The molecule has 0 saturated heterocycles. The standard InChI is InChI=1S/C47H31N3S/c1-2-29-40(28-15-4-3-5-16-28)42-33-20-10-13-23-39(33)51-47(42)48-46(29)50-38-25-24-27-14-6-7-17-30(27)41(38)35-26-34-31-18-8-11-21-36(31)49-37-22-12-9-19-32(37)43(44(34)49)45(35)50/h3-26,29,40H,2H2,1H3. The van der Waals surface area contributed by atoms with Gasteiger partial charge in [0, 0.05) is 54.4 Å². The SMILES string of the molecule is CCC1C(n2c3ccc4ccccc4c3c3cc4c5ccccc5n5c6ccccc6c(c32)c45)=Nc2sc3ccccc3c2C1c1ccccc1. The summed E-state index contributed by atoms with van der Waals surface area (Å²) in [6, 6.07) is 54.0. The third kappa shape index (κ3) is 3.50. The maximum atomic E-state index is 5.80. The van der Waals surface area contributed by atoms with Gasteiger partial charge < -0.3 is 4.40 Å². The molecule has 11 aromatic rings. The van der Waals surface area contributed by atoms with Crippen LogP contribution in [0.15, 0.2) is 151 Å². The minimum atomic E-state index is 0.161. The highest BCUT2D eigenvalue weighted by molar-refractivity contribution is 7.22. The average Bonchev–Trinajstić information content (AvgIpc) is 3.92. The number of hydrogen-bond donors (Lipinski definition) is 0. The number of nitrogens with zero attached hydrogens (tertiary/aromatic N) is 3. The Morgan fingerprint density at radius 2 is 1.25 bits per heavy atom. The Kier molecular flexibility index (Phi) is 5.48. The van der Waals surface area contributed by atoms with Gasteiger partial charge in [-0.2, -0.15) is 0 Å². The van der Waals surface area contributed by atoms with E-state index in [9.17, 15) is 0 Å². The first-order chi connectivity index (χ1) is 25.3. The smallest absolute Gasteiger partial charge is 0.123 e. The van der Waals surface area contributed by atoms with Crippen LogP contribution in [0.2, 0.25) is 0 Å². The highest BCUT2D eigenvalue weighted by atomic mass is 32.1. The number of aliphatic imine (C=N–C) groups is 1. The Morgan fingerprint density at radius 1 is 0.569 bits per heavy atom. The summed E-state index contributed by atoms with van der Waals surface area (Å²) in [6.07, 6.45) is 0.963. The van der Waals surface area contributed by atoms with Gasteiger partial charge in [0.15, 0.2) is 0 Å². The number of rotatable bonds is 2. The van der Waals surface area contributed by atoms with Crippen molar-refractivity contribution in [1.29, 1.82) is 0 Å². The van der Waals surface area contributed by atoms with Crippen LogP contribution >= 0.6 is 11.3 Å².